The zero-order valence-electron chi connectivity index (χ0n) is 11.7. The number of anilines is 1. The van der Waals surface area contributed by atoms with Crippen molar-refractivity contribution < 1.29 is 8.42 Å². The first-order chi connectivity index (χ1) is 9.29. The van der Waals surface area contributed by atoms with E-state index in [0.29, 0.717) is 17.8 Å². The number of thiophene rings is 1. The number of nitrogen functional groups attached to an aromatic ring is 1. The highest BCUT2D eigenvalue weighted by atomic mass is 32.2. The third-order valence-electron chi connectivity index (χ3n) is 3.07. The molecule has 0 bridgehead atoms. The Morgan fingerprint density at radius 3 is 2.50 bits per heavy atom. The van der Waals surface area contributed by atoms with Crippen LogP contribution in [0.1, 0.15) is 20.9 Å². The molecule has 0 amide bonds. The molecule has 108 valence electrons. The molecule has 1 aromatic heterocycles. The molecule has 0 aliphatic carbocycles. The summed E-state index contributed by atoms with van der Waals surface area (Å²) in [5, 5.41) is 0. The highest BCUT2D eigenvalue weighted by Crippen LogP contribution is 2.23. The quantitative estimate of drug-likeness (QED) is 0.853. The summed E-state index contributed by atoms with van der Waals surface area (Å²) >= 11 is 1.58. The van der Waals surface area contributed by atoms with Crippen molar-refractivity contribution in [2.45, 2.75) is 32.2 Å². The van der Waals surface area contributed by atoms with Crippen molar-refractivity contribution in [3.63, 3.8) is 0 Å². The van der Waals surface area contributed by atoms with Crippen LogP contribution in [0.5, 0.6) is 0 Å². The first-order valence-electron chi connectivity index (χ1n) is 6.21. The van der Waals surface area contributed by atoms with Crippen LogP contribution < -0.4 is 10.5 Å². The maximum Gasteiger partial charge on any atom is 0.241 e. The van der Waals surface area contributed by atoms with Gasteiger partial charge in [-0.25, -0.2) is 13.1 Å². The van der Waals surface area contributed by atoms with Gasteiger partial charge in [0, 0.05) is 22.0 Å². The monoisotopic (exact) mass is 310 g/mol. The molecule has 0 radical (unpaired) electrons. The van der Waals surface area contributed by atoms with Gasteiger partial charge in [0.05, 0.1) is 4.90 Å². The van der Waals surface area contributed by atoms with Crippen LogP contribution in [-0.2, 0) is 16.6 Å². The first-order valence-corrected chi connectivity index (χ1v) is 8.51. The lowest BCUT2D eigenvalue weighted by Gasteiger charge is -2.11. The van der Waals surface area contributed by atoms with E-state index >= 15 is 0 Å². The minimum atomic E-state index is -3.55. The lowest BCUT2D eigenvalue weighted by atomic mass is 10.1. The molecule has 1 heterocycles. The van der Waals surface area contributed by atoms with E-state index in [1.165, 1.54) is 0 Å². The summed E-state index contributed by atoms with van der Waals surface area (Å²) in [6.45, 7) is 5.85. The third-order valence-corrected chi connectivity index (χ3v) is 5.59. The molecular weight excluding hydrogens is 292 g/mol. The van der Waals surface area contributed by atoms with Crippen LogP contribution in [0, 0.1) is 20.8 Å². The summed E-state index contributed by atoms with van der Waals surface area (Å²) in [6.07, 6.45) is 0. The zero-order chi connectivity index (χ0) is 14.9. The van der Waals surface area contributed by atoms with Crippen LogP contribution in [0.4, 0.5) is 5.69 Å². The molecule has 4 nitrogen and oxygen atoms in total. The predicted octanol–water partition coefficient (Wildman–Crippen LogP) is 2.73. The Bertz CT molecular complexity index is 734. The summed E-state index contributed by atoms with van der Waals surface area (Å²) in [7, 11) is -3.55. The van der Waals surface area contributed by atoms with Crippen molar-refractivity contribution in [1.82, 2.24) is 4.72 Å². The predicted molar refractivity (Wildman–Crippen MR) is 83.4 cm³/mol. The van der Waals surface area contributed by atoms with Gasteiger partial charge in [-0.3, -0.25) is 0 Å². The highest BCUT2D eigenvalue weighted by molar-refractivity contribution is 7.89. The lowest BCUT2D eigenvalue weighted by Crippen LogP contribution is -2.24. The van der Waals surface area contributed by atoms with Crippen LogP contribution in [0.25, 0.3) is 0 Å². The van der Waals surface area contributed by atoms with Crippen LogP contribution in [0.3, 0.4) is 0 Å². The number of aryl methyl sites for hydroxylation is 2. The zero-order valence-corrected chi connectivity index (χ0v) is 13.4. The normalized spacial score (nSPS) is 11.8. The minimum absolute atomic E-state index is 0.253. The smallest absolute Gasteiger partial charge is 0.241 e. The van der Waals surface area contributed by atoms with Crippen molar-refractivity contribution in [2.75, 3.05) is 5.73 Å². The molecule has 0 atom stereocenters. The van der Waals surface area contributed by atoms with Crippen LogP contribution in [0.15, 0.2) is 29.2 Å². The fourth-order valence-electron chi connectivity index (χ4n) is 1.96. The number of rotatable bonds is 4. The molecule has 3 N–H and O–H groups in total. The van der Waals surface area contributed by atoms with Gasteiger partial charge in [-0.15, -0.1) is 11.3 Å². The molecule has 0 aliphatic heterocycles. The second-order valence-corrected chi connectivity index (χ2v) is 7.92. The summed E-state index contributed by atoms with van der Waals surface area (Å²) < 4.78 is 27.4. The van der Waals surface area contributed by atoms with Gasteiger partial charge in [0.15, 0.2) is 0 Å². The maximum absolute atomic E-state index is 12.4. The van der Waals surface area contributed by atoms with E-state index in [4.69, 9.17) is 5.73 Å². The van der Waals surface area contributed by atoms with E-state index in [-0.39, 0.29) is 4.90 Å². The number of benzene rings is 1. The second kappa shape index (κ2) is 5.55. The molecular formula is C14H18N2O2S2. The van der Waals surface area contributed by atoms with Crippen molar-refractivity contribution in [2.24, 2.45) is 0 Å². The number of hydrogen-bond acceptors (Lipinski definition) is 4. The van der Waals surface area contributed by atoms with Crippen LogP contribution in [0.2, 0.25) is 0 Å². The van der Waals surface area contributed by atoms with E-state index in [2.05, 4.69) is 4.72 Å². The Balaban J connectivity index is 2.27. The van der Waals surface area contributed by atoms with Gasteiger partial charge in [-0.2, -0.15) is 0 Å². The van der Waals surface area contributed by atoms with Crippen molar-refractivity contribution in [1.29, 1.82) is 0 Å². The van der Waals surface area contributed by atoms with Gasteiger partial charge in [0.2, 0.25) is 10.0 Å². The standard InChI is InChI=1S/C14H18N2O2S2/c1-9-6-13(15)11(3)14(7-9)20(17,18)16-8-12-5-4-10(2)19-12/h4-7,16H,8,15H2,1-3H3. The summed E-state index contributed by atoms with van der Waals surface area (Å²) in [6, 6.07) is 7.33. The lowest BCUT2D eigenvalue weighted by molar-refractivity contribution is 0.581. The first kappa shape index (κ1) is 15.0. The average molecular weight is 310 g/mol. The molecule has 6 heteroatoms. The molecule has 0 aliphatic rings. The van der Waals surface area contributed by atoms with Crippen molar-refractivity contribution in [3.8, 4) is 0 Å². The molecule has 0 saturated heterocycles. The SMILES string of the molecule is Cc1cc(N)c(C)c(S(=O)(=O)NCc2ccc(C)s2)c1. The molecule has 0 spiro atoms. The van der Waals surface area contributed by atoms with E-state index in [1.807, 2.05) is 26.0 Å². The summed E-state index contributed by atoms with van der Waals surface area (Å²) in [5.74, 6) is 0. The Morgan fingerprint density at radius 2 is 1.90 bits per heavy atom. The molecule has 2 aromatic rings. The maximum atomic E-state index is 12.4. The fraction of sp³-hybridized carbons (Fsp3) is 0.286. The van der Waals surface area contributed by atoms with Gasteiger partial charge in [-0.05, 0) is 56.2 Å². The summed E-state index contributed by atoms with van der Waals surface area (Å²) in [4.78, 5) is 2.41. The molecule has 20 heavy (non-hydrogen) atoms. The number of nitrogens with one attached hydrogen (secondary N) is 1. The largest absolute Gasteiger partial charge is 0.398 e. The molecule has 2 rings (SSSR count). The molecule has 0 unspecified atom stereocenters. The van der Waals surface area contributed by atoms with Crippen molar-refractivity contribution in [3.05, 3.63) is 45.1 Å². The van der Waals surface area contributed by atoms with Crippen LogP contribution >= 0.6 is 11.3 Å². The molecule has 1 aromatic carbocycles. The second-order valence-electron chi connectivity index (χ2n) is 4.81. The molecule has 0 saturated carbocycles. The Kier molecular flexibility index (Phi) is 4.17. The fourth-order valence-corrected chi connectivity index (χ4v) is 4.24. The van der Waals surface area contributed by atoms with E-state index in [0.717, 1.165) is 15.3 Å². The van der Waals surface area contributed by atoms with Gasteiger partial charge in [0.1, 0.15) is 0 Å². The Morgan fingerprint density at radius 1 is 1.20 bits per heavy atom. The van der Waals surface area contributed by atoms with Gasteiger partial charge >= 0.3 is 0 Å². The highest BCUT2D eigenvalue weighted by Gasteiger charge is 2.18. The Hall–Kier alpha value is -1.37. The Labute approximate surface area is 123 Å². The number of nitrogens with two attached hydrogens (primary N) is 1. The van der Waals surface area contributed by atoms with Gasteiger partial charge < -0.3 is 5.73 Å². The van der Waals surface area contributed by atoms with Crippen LogP contribution in [-0.4, -0.2) is 8.42 Å². The summed E-state index contributed by atoms with van der Waals surface area (Å²) in [5.41, 5.74) is 7.76. The van der Waals surface area contributed by atoms with E-state index < -0.39 is 10.0 Å². The number of sulfonamides is 1. The van der Waals surface area contributed by atoms with E-state index in [9.17, 15) is 8.42 Å². The van der Waals surface area contributed by atoms with Gasteiger partial charge in [-0.1, -0.05) is 0 Å². The van der Waals surface area contributed by atoms with Gasteiger partial charge in [0.25, 0.3) is 0 Å². The minimum Gasteiger partial charge on any atom is -0.398 e. The topological polar surface area (TPSA) is 72.2 Å². The average Bonchev–Trinajstić information content (AvgIpc) is 2.77. The third kappa shape index (κ3) is 3.20. The van der Waals surface area contributed by atoms with E-state index in [1.54, 1.807) is 30.4 Å². The molecule has 0 fully saturated rings. The van der Waals surface area contributed by atoms with Crippen molar-refractivity contribution >= 4 is 27.0 Å². The number of hydrogen-bond donors (Lipinski definition) is 2.